The van der Waals surface area contributed by atoms with Crippen LogP contribution < -0.4 is 19.9 Å². The third-order valence-electron chi connectivity index (χ3n) is 2.50. The molecule has 0 fully saturated rings. The molecule has 1 aromatic heterocycles. The molecule has 7 heteroatoms. The van der Waals surface area contributed by atoms with Gasteiger partial charge in [0.15, 0.2) is 0 Å². The van der Waals surface area contributed by atoms with Crippen LogP contribution in [0.15, 0.2) is 24.3 Å². The molecule has 20 heavy (non-hydrogen) atoms. The highest BCUT2D eigenvalue weighted by Gasteiger charge is 2.09. The van der Waals surface area contributed by atoms with Gasteiger partial charge in [0.1, 0.15) is 5.75 Å². The first-order valence-corrected chi connectivity index (χ1v) is 6.06. The Hall–Kier alpha value is -2.41. The van der Waals surface area contributed by atoms with Gasteiger partial charge >= 0.3 is 18.0 Å². The first-order valence-electron chi connectivity index (χ1n) is 6.06. The van der Waals surface area contributed by atoms with Gasteiger partial charge in [-0.25, -0.2) is 0 Å². The van der Waals surface area contributed by atoms with Crippen LogP contribution in [0.3, 0.4) is 0 Å². The zero-order valence-corrected chi connectivity index (χ0v) is 11.4. The molecule has 0 aliphatic heterocycles. The van der Waals surface area contributed by atoms with Crippen LogP contribution in [0.5, 0.6) is 23.8 Å². The minimum absolute atomic E-state index is 0.111. The van der Waals surface area contributed by atoms with Gasteiger partial charge in [-0.3, -0.25) is 0 Å². The van der Waals surface area contributed by atoms with Gasteiger partial charge in [0.2, 0.25) is 0 Å². The maximum atomic E-state index is 5.54. The highest BCUT2D eigenvalue weighted by atomic mass is 16.5. The van der Waals surface area contributed by atoms with E-state index in [2.05, 4.69) is 15.0 Å². The van der Waals surface area contributed by atoms with E-state index in [1.165, 1.54) is 14.2 Å². The second kappa shape index (κ2) is 6.67. The third-order valence-corrected chi connectivity index (χ3v) is 2.50. The first-order chi connectivity index (χ1) is 9.75. The molecule has 0 saturated carbocycles. The molecule has 2 aromatic rings. The fourth-order valence-corrected chi connectivity index (χ4v) is 1.54. The average molecular weight is 276 g/mol. The predicted molar refractivity (Wildman–Crippen MR) is 72.2 cm³/mol. The molecule has 0 radical (unpaired) electrons. The van der Waals surface area contributed by atoms with Gasteiger partial charge < -0.3 is 19.9 Å². The molecule has 2 rings (SSSR count). The molecule has 1 heterocycles. The molecule has 0 saturated heterocycles. The smallest absolute Gasteiger partial charge is 0.331 e. The number of methoxy groups -OCH3 is 2. The van der Waals surface area contributed by atoms with Crippen molar-refractivity contribution in [2.24, 2.45) is 5.73 Å². The fraction of sp³-hybridized carbons (Fsp3) is 0.308. The number of benzene rings is 1. The summed E-state index contributed by atoms with van der Waals surface area (Å²) in [7, 11) is 2.92. The van der Waals surface area contributed by atoms with E-state index < -0.39 is 0 Å². The monoisotopic (exact) mass is 276 g/mol. The average Bonchev–Trinajstić information content (AvgIpc) is 2.49. The second-order valence-electron chi connectivity index (χ2n) is 3.88. The molecule has 2 N–H and O–H groups in total. The van der Waals surface area contributed by atoms with Crippen molar-refractivity contribution in [1.82, 2.24) is 15.0 Å². The summed E-state index contributed by atoms with van der Waals surface area (Å²) in [5.74, 6) is 0.612. The highest BCUT2D eigenvalue weighted by molar-refractivity contribution is 5.29. The van der Waals surface area contributed by atoms with Crippen LogP contribution in [0.4, 0.5) is 0 Å². The van der Waals surface area contributed by atoms with Crippen molar-refractivity contribution in [2.75, 3.05) is 20.8 Å². The number of aromatic nitrogens is 3. The number of rotatable bonds is 6. The number of hydrogen-bond acceptors (Lipinski definition) is 7. The predicted octanol–water partition coefficient (Wildman–Crippen LogP) is 1.18. The van der Waals surface area contributed by atoms with Gasteiger partial charge in [-0.15, -0.1) is 15.0 Å². The van der Waals surface area contributed by atoms with Crippen LogP contribution in [-0.2, 0) is 6.42 Å². The topological polar surface area (TPSA) is 92.4 Å². The molecule has 0 aliphatic carbocycles. The minimum atomic E-state index is 0.111. The van der Waals surface area contributed by atoms with E-state index >= 15 is 0 Å². The second-order valence-corrected chi connectivity index (χ2v) is 3.88. The largest absolute Gasteiger partial charge is 0.467 e. The number of ether oxygens (including phenoxy) is 3. The van der Waals surface area contributed by atoms with Gasteiger partial charge in [-0.05, 0) is 30.7 Å². The molecular weight excluding hydrogens is 260 g/mol. The molecule has 0 spiro atoms. The summed E-state index contributed by atoms with van der Waals surface area (Å²) in [6, 6.07) is 7.91. The number of nitrogens with two attached hydrogens (primary N) is 1. The molecular formula is C13H16N4O3. The highest BCUT2D eigenvalue weighted by Crippen LogP contribution is 2.21. The van der Waals surface area contributed by atoms with E-state index in [9.17, 15) is 0 Å². The summed E-state index contributed by atoms with van der Waals surface area (Å²) in [5.41, 5.74) is 6.64. The van der Waals surface area contributed by atoms with E-state index in [4.69, 9.17) is 19.9 Å². The van der Waals surface area contributed by atoms with E-state index in [0.29, 0.717) is 12.3 Å². The molecule has 7 nitrogen and oxygen atoms in total. The van der Waals surface area contributed by atoms with Crippen LogP contribution in [-0.4, -0.2) is 35.7 Å². The van der Waals surface area contributed by atoms with Crippen molar-refractivity contribution >= 4 is 0 Å². The van der Waals surface area contributed by atoms with Crippen molar-refractivity contribution in [3.8, 4) is 23.8 Å². The lowest BCUT2D eigenvalue weighted by Crippen LogP contribution is -2.03. The Morgan fingerprint density at radius 1 is 0.900 bits per heavy atom. The van der Waals surface area contributed by atoms with Crippen LogP contribution in [0.1, 0.15) is 5.56 Å². The zero-order valence-electron chi connectivity index (χ0n) is 11.4. The number of hydrogen-bond donors (Lipinski definition) is 1. The fourth-order valence-electron chi connectivity index (χ4n) is 1.54. The summed E-state index contributed by atoms with van der Waals surface area (Å²) >= 11 is 0. The Balaban J connectivity index is 2.16. The van der Waals surface area contributed by atoms with E-state index in [-0.39, 0.29) is 18.0 Å². The lowest BCUT2D eigenvalue weighted by Gasteiger charge is -2.07. The lowest BCUT2D eigenvalue weighted by molar-refractivity contribution is 0.320. The van der Waals surface area contributed by atoms with E-state index in [0.717, 1.165) is 12.0 Å². The maximum Gasteiger partial charge on any atom is 0.331 e. The molecule has 0 bridgehead atoms. The van der Waals surface area contributed by atoms with Gasteiger partial charge in [-0.1, -0.05) is 12.1 Å². The standard InChI is InChI=1S/C13H16N4O3/c1-18-11-15-12(19-2)17-13(16-11)20-10-5-3-9(4-6-10)7-8-14/h3-6H,7-8,14H2,1-2H3. The van der Waals surface area contributed by atoms with Crippen LogP contribution in [0.2, 0.25) is 0 Å². The Morgan fingerprint density at radius 3 is 1.95 bits per heavy atom. The molecule has 1 aromatic carbocycles. The summed E-state index contributed by atoms with van der Waals surface area (Å²) < 4.78 is 15.4. The van der Waals surface area contributed by atoms with Gasteiger partial charge in [0.05, 0.1) is 14.2 Å². The van der Waals surface area contributed by atoms with E-state index in [1.807, 2.05) is 24.3 Å². The Bertz CT molecular complexity index is 538. The van der Waals surface area contributed by atoms with Gasteiger partial charge in [0.25, 0.3) is 0 Å². The minimum Gasteiger partial charge on any atom is -0.467 e. The number of nitrogens with zero attached hydrogens (tertiary/aromatic N) is 3. The van der Waals surface area contributed by atoms with Crippen molar-refractivity contribution < 1.29 is 14.2 Å². The first kappa shape index (κ1) is 14.0. The third kappa shape index (κ3) is 3.55. The van der Waals surface area contributed by atoms with Crippen molar-refractivity contribution in [3.05, 3.63) is 29.8 Å². The lowest BCUT2D eigenvalue weighted by atomic mass is 10.1. The van der Waals surface area contributed by atoms with Gasteiger partial charge in [0, 0.05) is 0 Å². The summed E-state index contributed by atoms with van der Waals surface area (Å²) in [6.07, 6.45) is 0.827. The zero-order chi connectivity index (χ0) is 14.4. The van der Waals surface area contributed by atoms with Crippen molar-refractivity contribution in [2.45, 2.75) is 6.42 Å². The van der Waals surface area contributed by atoms with Crippen molar-refractivity contribution in [3.63, 3.8) is 0 Å². The molecule has 0 amide bonds. The summed E-state index contributed by atoms with van der Waals surface area (Å²) in [5, 5.41) is 0. The van der Waals surface area contributed by atoms with Crippen LogP contribution in [0.25, 0.3) is 0 Å². The Kier molecular flexibility index (Phi) is 4.67. The van der Waals surface area contributed by atoms with Crippen LogP contribution in [0, 0.1) is 0 Å². The maximum absolute atomic E-state index is 5.54. The van der Waals surface area contributed by atoms with Crippen LogP contribution >= 0.6 is 0 Å². The molecule has 106 valence electrons. The molecule has 0 atom stereocenters. The summed E-state index contributed by atoms with van der Waals surface area (Å²) in [6.45, 7) is 0.613. The molecule has 0 aliphatic rings. The Morgan fingerprint density at radius 2 is 1.45 bits per heavy atom. The van der Waals surface area contributed by atoms with E-state index in [1.54, 1.807) is 0 Å². The normalized spacial score (nSPS) is 10.2. The van der Waals surface area contributed by atoms with Gasteiger partial charge in [-0.2, -0.15) is 0 Å². The summed E-state index contributed by atoms with van der Waals surface area (Å²) in [4.78, 5) is 11.9. The SMILES string of the molecule is COc1nc(OC)nc(Oc2ccc(CCN)cc2)n1. The quantitative estimate of drug-likeness (QED) is 0.846. The Labute approximate surface area is 116 Å². The molecule has 0 unspecified atom stereocenters. The van der Waals surface area contributed by atoms with Crippen molar-refractivity contribution in [1.29, 1.82) is 0 Å².